The number of hydrogen-bond donors (Lipinski definition) is 1. The highest BCUT2D eigenvalue weighted by Crippen LogP contribution is 2.26. The largest absolute Gasteiger partial charge is 0.380 e. The number of nitrogens with one attached hydrogen (secondary N) is 1. The van der Waals surface area contributed by atoms with Crippen molar-refractivity contribution < 1.29 is 4.74 Å². The van der Waals surface area contributed by atoms with Crippen molar-refractivity contribution in [2.75, 3.05) is 12.4 Å². The summed E-state index contributed by atoms with van der Waals surface area (Å²) in [5.41, 5.74) is 3.30. The molecule has 0 aromatic heterocycles. The Morgan fingerprint density at radius 2 is 1.95 bits per heavy atom. The second kappa shape index (κ2) is 6.94. The lowest BCUT2D eigenvalue weighted by molar-refractivity contribution is 0.185. The van der Waals surface area contributed by atoms with Crippen molar-refractivity contribution in [2.45, 2.75) is 13.2 Å². The van der Waals surface area contributed by atoms with E-state index >= 15 is 0 Å². The highest BCUT2D eigenvalue weighted by molar-refractivity contribution is 9.10. The molecule has 2 rings (SSSR count). The molecular formula is C15H15BrClNO. The first-order valence-electron chi connectivity index (χ1n) is 5.94. The lowest BCUT2D eigenvalue weighted by Gasteiger charge is -2.10. The standard InChI is InChI=1S/C15H15BrClNO/c1-19-10-12-4-2-3-11(7-12)9-18-15-6-5-13(16)8-14(15)17/h2-8,18H,9-10H2,1H3. The fourth-order valence-electron chi connectivity index (χ4n) is 1.83. The summed E-state index contributed by atoms with van der Waals surface area (Å²) in [4.78, 5) is 0. The molecule has 2 aromatic carbocycles. The van der Waals surface area contributed by atoms with E-state index in [1.807, 2.05) is 24.3 Å². The van der Waals surface area contributed by atoms with Crippen molar-refractivity contribution in [1.29, 1.82) is 0 Å². The van der Waals surface area contributed by atoms with Gasteiger partial charge in [-0.3, -0.25) is 0 Å². The first-order valence-corrected chi connectivity index (χ1v) is 7.12. The van der Waals surface area contributed by atoms with Gasteiger partial charge in [-0.25, -0.2) is 0 Å². The van der Waals surface area contributed by atoms with E-state index in [1.54, 1.807) is 7.11 Å². The fourth-order valence-corrected chi connectivity index (χ4v) is 2.57. The van der Waals surface area contributed by atoms with Gasteiger partial charge in [-0.05, 0) is 29.3 Å². The topological polar surface area (TPSA) is 21.3 Å². The molecule has 0 spiro atoms. The first kappa shape index (κ1) is 14.4. The van der Waals surface area contributed by atoms with Crippen LogP contribution < -0.4 is 5.32 Å². The number of ether oxygens (including phenoxy) is 1. The molecule has 0 heterocycles. The van der Waals surface area contributed by atoms with Crippen molar-refractivity contribution in [1.82, 2.24) is 0 Å². The van der Waals surface area contributed by atoms with E-state index in [0.29, 0.717) is 11.6 Å². The van der Waals surface area contributed by atoms with E-state index in [9.17, 15) is 0 Å². The lowest BCUT2D eigenvalue weighted by Crippen LogP contribution is -2.00. The van der Waals surface area contributed by atoms with Crippen LogP contribution in [0.5, 0.6) is 0 Å². The zero-order chi connectivity index (χ0) is 13.7. The smallest absolute Gasteiger partial charge is 0.0713 e. The van der Waals surface area contributed by atoms with Crippen LogP contribution in [-0.4, -0.2) is 7.11 Å². The number of halogens is 2. The summed E-state index contributed by atoms with van der Waals surface area (Å²) in [6.07, 6.45) is 0. The SMILES string of the molecule is COCc1cccc(CNc2ccc(Br)cc2Cl)c1. The van der Waals surface area contributed by atoms with Gasteiger partial charge < -0.3 is 10.1 Å². The van der Waals surface area contributed by atoms with E-state index in [4.69, 9.17) is 16.3 Å². The van der Waals surface area contributed by atoms with Crippen LogP contribution >= 0.6 is 27.5 Å². The molecule has 19 heavy (non-hydrogen) atoms. The maximum Gasteiger partial charge on any atom is 0.0713 e. The molecule has 0 aliphatic heterocycles. The third-order valence-corrected chi connectivity index (χ3v) is 3.52. The van der Waals surface area contributed by atoms with Crippen LogP contribution in [0.15, 0.2) is 46.9 Å². The van der Waals surface area contributed by atoms with Gasteiger partial charge in [0.2, 0.25) is 0 Å². The predicted molar refractivity (Wildman–Crippen MR) is 83.6 cm³/mol. The van der Waals surface area contributed by atoms with Crippen LogP contribution in [0.3, 0.4) is 0 Å². The Balaban J connectivity index is 2.03. The van der Waals surface area contributed by atoms with E-state index in [1.165, 1.54) is 11.1 Å². The van der Waals surface area contributed by atoms with Gasteiger partial charge in [0.25, 0.3) is 0 Å². The molecule has 4 heteroatoms. The second-order valence-corrected chi connectivity index (χ2v) is 5.55. The number of anilines is 1. The lowest BCUT2D eigenvalue weighted by atomic mass is 10.1. The fraction of sp³-hybridized carbons (Fsp3) is 0.200. The molecule has 100 valence electrons. The van der Waals surface area contributed by atoms with Gasteiger partial charge in [0.15, 0.2) is 0 Å². The van der Waals surface area contributed by atoms with Gasteiger partial charge in [0.05, 0.1) is 17.3 Å². The summed E-state index contributed by atoms with van der Waals surface area (Å²) in [6.45, 7) is 1.37. The molecule has 0 amide bonds. The van der Waals surface area contributed by atoms with Gasteiger partial charge in [-0.2, -0.15) is 0 Å². The van der Waals surface area contributed by atoms with E-state index in [-0.39, 0.29) is 0 Å². The molecule has 0 aliphatic rings. The number of methoxy groups -OCH3 is 1. The van der Waals surface area contributed by atoms with Crippen molar-refractivity contribution in [3.05, 3.63) is 63.1 Å². The van der Waals surface area contributed by atoms with Crippen molar-refractivity contribution in [3.8, 4) is 0 Å². The summed E-state index contributed by atoms with van der Waals surface area (Å²) >= 11 is 9.56. The third kappa shape index (κ3) is 4.23. The van der Waals surface area contributed by atoms with Crippen LogP contribution in [-0.2, 0) is 17.9 Å². The van der Waals surface area contributed by atoms with Crippen molar-refractivity contribution >= 4 is 33.2 Å². The van der Waals surface area contributed by atoms with Crippen LogP contribution in [0.25, 0.3) is 0 Å². The molecule has 0 bridgehead atoms. The summed E-state index contributed by atoms with van der Waals surface area (Å²) < 4.78 is 6.11. The predicted octanol–water partition coefficient (Wildman–Crippen LogP) is 4.86. The summed E-state index contributed by atoms with van der Waals surface area (Å²) in [7, 11) is 1.70. The minimum absolute atomic E-state index is 0.632. The monoisotopic (exact) mass is 339 g/mol. The molecule has 0 aliphatic carbocycles. The van der Waals surface area contributed by atoms with Gasteiger partial charge in [0.1, 0.15) is 0 Å². The number of hydrogen-bond acceptors (Lipinski definition) is 2. The maximum atomic E-state index is 6.16. The minimum atomic E-state index is 0.632. The molecule has 0 saturated carbocycles. The highest BCUT2D eigenvalue weighted by Gasteiger charge is 2.01. The van der Waals surface area contributed by atoms with Crippen molar-refractivity contribution in [3.63, 3.8) is 0 Å². The average molecular weight is 341 g/mol. The molecule has 0 atom stereocenters. The molecule has 0 radical (unpaired) electrons. The normalized spacial score (nSPS) is 10.5. The van der Waals surface area contributed by atoms with E-state index in [2.05, 4.69) is 39.4 Å². The Hall–Kier alpha value is -1.03. The van der Waals surface area contributed by atoms with E-state index < -0.39 is 0 Å². The van der Waals surface area contributed by atoms with Gasteiger partial charge in [-0.1, -0.05) is 51.8 Å². The van der Waals surface area contributed by atoms with E-state index in [0.717, 1.165) is 16.7 Å². The summed E-state index contributed by atoms with van der Waals surface area (Å²) in [6, 6.07) is 14.1. The summed E-state index contributed by atoms with van der Waals surface area (Å²) in [5, 5.41) is 4.04. The Kier molecular flexibility index (Phi) is 5.25. The molecule has 1 N–H and O–H groups in total. The maximum absolute atomic E-state index is 6.16. The Labute approximate surface area is 126 Å². The highest BCUT2D eigenvalue weighted by atomic mass is 79.9. The van der Waals surface area contributed by atoms with Crippen LogP contribution in [0.2, 0.25) is 5.02 Å². The second-order valence-electron chi connectivity index (χ2n) is 4.23. The summed E-state index contributed by atoms with van der Waals surface area (Å²) in [5.74, 6) is 0. The molecule has 2 nitrogen and oxygen atoms in total. The molecule has 2 aromatic rings. The van der Waals surface area contributed by atoms with Gasteiger partial charge in [0, 0.05) is 18.1 Å². The Morgan fingerprint density at radius 3 is 2.68 bits per heavy atom. The van der Waals surface area contributed by atoms with Crippen LogP contribution in [0.1, 0.15) is 11.1 Å². The Morgan fingerprint density at radius 1 is 1.16 bits per heavy atom. The minimum Gasteiger partial charge on any atom is -0.380 e. The van der Waals surface area contributed by atoms with Crippen molar-refractivity contribution in [2.24, 2.45) is 0 Å². The molecule has 0 fully saturated rings. The zero-order valence-corrected chi connectivity index (χ0v) is 13.0. The quantitative estimate of drug-likeness (QED) is 0.839. The number of benzene rings is 2. The molecule has 0 saturated heterocycles. The third-order valence-electron chi connectivity index (χ3n) is 2.72. The van der Waals surface area contributed by atoms with Gasteiger partial charge in [-0.15, -0.1) is 0 Å². The molecule has 0 unspecified atom stereocenters. The molecular weight excluding hydrogens is 326 g/mol. The zero-order valence-electron chi connectivity index (χ0n) is 10.6. The number of rotatable bonds is 5. The Bertz CT molecular complexity index is 560. The average Bonchev–Trinajstić information content (AvgIpc) is 2.38. The first-order chi connectivity index (χ1) is 9.19. The van der Waals surface area contributed by atoms with Gasteiger partial charge >= 0.3 is 0 Å². The van der Waals surface area contributed by atoms with Crippen LogP contribution in [0, 0.1) is 0 Å². The van der Waals surface area contributed by atoms with Crippen LogP contribution in [0.4, 0.5) is 5.69 Å².